The third-order valence-corrected chi connectivity index (χ3v) is 4.24. The van der Waals surface area contributed by atoms with Crippen molar-refractivity contribution in [2.75, 3.05) is 33.0 Å². The molecule has 2 aromatic rings. The summed E-state index contributed by atoms with van der Waals surface area (Å²) in [6.45, 7) is 3.84. The first kappa shape index (κ1) is 20.5. The maximum atomic E-state index is 12.0. The van der Waals surface area contributed by atoms with E-state index in [1.54, 1.807) is 24.3 Å². The van der Waals surface area contributed by atoms with E-state index in [1.807, 2.05) is 25.1 Å². The highest BCUT2D eigenvalue weighted by atomic mass is 16.6. The van der Waals surface area contributed by atoms with Crippen LogP contribution in [-0.2, 0) is 16.0 Å². The average molecular weight is 399 g/mol. The zero-order valence-corrected chi connectivity index (χ0v) is 16.4. The fourth-order valence-electron chi connectivity index (χ4n) is 2.76. The number of hydrogen-bond donors (Lipinski definition) is 1. The van der Waals surface area contributed by atoms with Crippen LogP contribution >= 0.6 is 0 Å². The Bertz CT molecular complexity index is 834. The quantitative estimate of drug-likeness (QED) is 0.653. The van der Waals surface area contributed by atoms with Gasteiger partial charge in [-0.3, -0.25) is 4.79 Å². The number of amides is 1. The van der Waals surface area contributed by atoms with Crippen LogP contribution in [0.2, 0.25) is 0 Å². The van der Waals surface area contributed by atoms with E-state index >= 15 is 0 Å². The topological polar surface area (TPSA) is 83.1 Å². The van der Waals surface area contributed by atoms with Crippen molar-refractivity contribution < 1.29 is 28.5 Å². The minimum absolute atomic E-state index is 0.325. The molecule has 7 heteroatoms. The number of fused-ring (bicyclic) bond motifs is 1. The van der Waals surface area contributed by atoms with E-state index in [4.69, 9.17) is 18.9 Å². The lowest BCUT2D eigenvalue weighted by Crippen LogP contribution is -2.30. The van der Waals surface area contributed by atoms with E-state index in [9.17, 15) is 9.59 Å². The molecule has 0 aromatic heterocycles. The van der Waals surface area contributed by atoms with Gasteiger partial charge in [-0.15, -0.1) is 0 Å². The van der Waals surface area contributed by atoms with Crippen LogP contribution < -0.4 is 19.5 Å². The molecule has 1 N–H and O–H groups in total. The van der Waals surface area contributed by atoms with Crippen molar-refractivity contribution in [1.29, 1.82) is 0 Å². The van der Waals surface area contributed by atoms with Gasteiger partial charge in [0.15, 0.2) is 18.1 Å². The van der Waals surface area contributed by atoms with E-state index < -0.39 is 5.97 Å². The largest absolute Gasteiger partial charge is 0.494 e. The average Bonchev–Trinajstić information content (AvgIpc) is 2.76. The van der Waals surface area contributed by atoms with Crippen LogP contribution in [0.5, 0.6) is 17.2 Å². The standard InChI is InChI=1S/C22H25NO6/c1-2-11-26-18-6-4-17(5-7-18)22(25)29-15-21(24)23-10-9-16-3-8-19-20(14-16)28-13-12-27-19/h3-8,14H,2,9-13,15H2,1H3,(H,23,24). The van der Waals surface area contributed by atoms with Gasteiger partial charge in [-0.05, 0) is 54.8 Å². The van der Waals surface area contributed by atoms with Crippen LogP contribution in [0.15, 0.2) is 42.5 Å². The van der Waals surface area contributed by atoms with Gasteiger partial charge in [-0.1, -0.05) is 13.0 Å². The second-order valence-electron chi connectivity index (χ2n) is 6.53. The van der Waals surface area contributed by atoms with Crippen molar-refractivity contribution in [2.45, 2.75) is 19.8 Å². The number of ether oxygens (including phenoxy) is 4. The Labute approximate surface area is 169 Å². The molecule has 1 heterocycles. The van der Waals surface area contributed by atoms with Gasteiger partial charge in [0.05, 0.1) is 12.2 Å². The third kappa shape index (κ3) is 6.14. The van der Waals surface area contributed by atoms with Crippen molar-refractivity contribution in [1.82, 2.24) is 5.32 Å². The van der Waals surface area contributed by atoms with Crippen LogP contribution in [0.3, 0.4) is 0 Å². The summed E-state index contributed by atoms with van der Waals surface area (Å²) in [5.41, 5.74) is 1.40. The van der Waals surface area contributed by atoms with Gasteiger partial charge in [-0.25, -0.2) is 4.79 Å². The van der Waals surface area contributed by atoms with E-state index in [0.29, 0.717) is 44.1 Å². The normalized spacial score (nSPS) is 12.2. The fraction of sp³-hybridized carbons (Fsp3) is 0.364. The zero-order valence-electron chi connectivity index (χ0n) is 16.4. The molecule has 0 radical (unpaired) electrons. The number of benzene rings is 2. The highest BCUT2D eigenvalue weighted by molar-refractivity contribution is 5.91. The Hall–Kier alpha value is -3.22. The maximum Gasteiger partial charge on any atom is 0.338 e. The summed E-state index contributed by atoms with van der Waals surface area (Å²) < 4.78 is 21.6. The molecule has 1 aliphatic rings. The first-order valence-electron chi connectivity index (χ1n) is 9.71. The van der Waals surface area contributed by atoms with Gasteiger partial charge in [0.1, 0.15) is 19.0 Å². The zero-order chi connectivity index (χ0) is 20.5. The highest BCUT2D eigenvalue weighted by Crippen LogP contribution is 2.30. The van der Waals surface area contributed by atoms with Gasteiger partial charge < -0.3 is 24.3 Å². The molecule has 0 aliphatic carbocycles. The predicted octanol–water partition coefficient (Wildman–Crippen LogP) is 2.76. The Morgan fingerprint density at radius 3 is 2.55 bits per heavy atom. The Balaban J connectivity index is 1.38. The van der Waals surface area contributed by atoms with Crippen molar-refractivity contribution in [3.8, 4) is 17.2 Å². The molecule has 0 spiro atoms. The molecule has 0 unspecified atom stereocenters. The molecule has 2 aromatic carbocycles. The number of carbonyl (C=O) groups is 2. The molecule has 154 valence electrons. The molecule has 1 aliphatic heterocycles. The molecule has 29 heavy (non-hydrogen) atoms. The molecular weight excluding hydrogens is 374 g/mol. The van der Waals surface area contributed by atoms with E-state index in [1.165, 1.54) is 0 Å². The SMILES string of the molecule is CCCOc1ccc(C(=O)OCC(=O)NCCc2ccc3c(c2)OCCO3)cc1. The molecule has 0 saturated carbocycles. The predicted molar refractivity (Wildman–Crippen MR) is 107 cm³/mol. The monoisotopic (exact) mass is 399 g/mol. The van der Waals surface area contributed by atoms with Gasteiger partial charge in [-0.2, -0.15) is 0 Å². The lowest BCUT2D eigenvalue weighted by atomic mass is 10.1. The number of nitrogens with one attached hydrogen (secondary N) is 1. The van der Waals surface area contributed by atoms with Crippen molar-refractivity contribution in [3.63, 3.8) is 0 Å². The van der Waals surface area contributed by atoms with Gasteiger partial charge >= 0.3 is 5.97 Å². The number of carbonyl (C=O) groups excluding carboxylic acids is 2. The van der Waals surface area contributed by atoms with Crippen LogP contribution in [0.1, 0.15) is 29.3 Å². The van der Waals surface area contributed by atoms with Crippen molar-refractivity contribution >= 4 is 11.9 Å². The first-order chi connectivity index (χ1) is 14.2. The summed E-state index contributed by atoms with van der Waals surface area (Å²) >= 11 is 0. The smallest absolute Gasteiger partial charge is 0.338 e. The Kier molecular flexibility index (Phi) is 7.33. The summed E-state index contributed by atoms with van der Waals surface area (Å²) in [6, 6.07) is 12.4. The molecule has 0 fully saturated rings. The van der Waals surface area contributed by atoms with E-state index in [2.05, 4.69) is 5.32 Å². The van der Waals surface area contributed by atoms with Crippen LogP contribution in [-0.4, -0.2) is 44.8 Å². The fourth-order valence-corrected chi connectivity index (χ4v) is 2.76. The lowest BCUT2D eigenvalue weighted by molar-refractivity contribution is -0.124. The molecule has 0 saturated heterocycles. The van der Waals surface area contributed by atoms with Crippen molar-refractivity contribution in [3.05, 3.63) is 53.6 Å². The first-order valence-corrected chi connectivity index (χ1v) is 9.71. The highest BCUT2D eigenvalue weighted by Gasteiger charge is 2.13. The molecular formula is C22H25NO6. The second kappa shape index (κ2) is 10.4. The summed E-state index contributed by atoms with van der Waals surface area (Å²) in [5.74, 6) is 1.26. The number of rotatable bonds is 9. The van der Waals surface area contributed by atoms with E-state index in [-0.39, 0.29) is 12.5 Å². The minimum atomic E-state index is -0.547. The lowest BCUT2D eigenvalue weighted by Gasteiger charge is -2.18. The number of esters is 1. The molecule has 3 rings (SSSR count). The summed E-state index contributed by atoms with van der Waals surface area (Å²) in [5, 5.41) is 2.74. The van der Waals surface area contributed by atoms with Gasteiger partial charge in [0.25, 0.3) is 5.91 Å². The van der Waals surface area contributed by atoms with Gasteiger partial charge in [0.2, 0.25) is 0 Å². The van der Waals surface area contributed by atoms with Gasteiger partial charge in [0, 0.05) is 6.54 Å². The summed E-state index contributed by atoms with van der Waals surface area (Å²) in [6.07, 6.45) is 1.54. The van der Waals surface area contributed by atoms with Crippen molar-refractivity contribution in [2.24, 2.45) is 0 Å². The third-order valence-electron chi connectivity index (χ3n) is 4.24. The molecule has 7 nitrogen and oxygen atoms in total. The molecule has 0 atom stereocenters. The summed E-state index contributed by atoms with van der Waals surface area (Å²) in [7, 11) is 0. The number of hydrogen-bond acceptors (Lipinski definition) is 6. The molecule has 1 amide bonds. The minimum Gasteiger partial charge on any atom is -0.494 e. The summed E-state index contributed by atoms with van der Waals surface area (Å²) in [4.78, 5) is 24.0. The Morgan fingerprint density at radius 2 is 1.79 bits per heavy atom. The Morgan fingerprint density at radius 1 is 1.03 bits per heavy atom. The maximum absolute atomic E-state index is 12.0. The van der Waals surface area contributed by atoms with E-state index in [0.717, 1.165) is 23.5 Å². The van der Waals surface area contributed by atoms with Crippen LogP contribution in [0, 0.1) is 0 Å². The second-order valence-corrected chi connectivity index (χ2v) is 6.53. The van der Waals surface area contributed by atoms with Crippen LogP contribution in [0.25, 0.3) is 0 Å². The van der Waals surface area contributed by atoms with Crippen LogP contribution in [0.4, 0.5) is 0 Å². The molecule has 0 bridgehead atoms.